The molecule has 0 unspecified atom stereocenters. The second-order valence-corrected chi connectivity index (χ2v) is 7.24. The van der Waals surface area contributed by atoms with Crippen LogP contribution in [0.1, 0.15) is 32.3 Å². The molecule has 0 aliphatic heterocycles. The van der Waals surface area contributed by atoms with E-state index in [9.17, 15) is 13.5 Å². The summed E-state index contributed by atoms with van der Waals surface area (Å²) in [4.78, 5) is 0.229. The normalized spacial score (nSPS) is 16.3. The van der Waals surface area contributed by atoms with E-state index in [0.29, 0.717) is 18.0 Å². The molecule has 19 heavy (non-hydrogen) atoms. The maximum absolute atomic E-state index is 12.7. The third-order valence-electron chi connectivity index (χ3n) is 3.44. The summed E-state index contributed by atoms with van der Waals surface area (Å²) in [5.41, 5.74) is 0.462. The lowest BCUT2D eigenvalue weighted by Crippen LogP contribution is -2.38. The summed E-state index contributed by atoms with van der Waals surface area (Å²) in [6, 6.07) is 6.59. The number of rotatable bonds is 6. The van der Waals surface area contributed by atoms with E-state index in [2.05, 4.69) is 0 Å². The van der Waals surface area contributed by atoms with E-state index in [1.54, 1.807) is 28.6 Å². The monoisotopic (exact) mass is 283 g/mol. The molecular formula is C14H21NO3S. The highest BCUT2D eigenvalue weighted by molar-refractivity contribution is 7.89. The van der Waals surface area contributed by atoms with Crippen LogP contribution in [-0.4, -0.2) is 30.4 Å². The standard InChI is InChI=1S/C14H21NO3S/c1-11(2)15(9-12-7-8-12)19(17,18)14-6-4-3-5-13(14)10-16/h3-6,11-12,16H,7-10H2,1-2H3. The Bertz CT molecular complexity index is 535. The van der Waals surface area contributed by atoms with Crippen molar-refractivity contribution >= 4 is 10.0 Å². The third-order valence-corrected chi connectivity index (χ3v) is 5.58. The van der Waals surface area contributed by atoms with Gasteiger partial charge in [0.1, 0.15) is 0 Å². The zero-order valence-corrected chi connectivity index (χ0v) is 12.2. The fraction of sp³-hybridized carbons (Fsp3) is 0.571. The molecule has 1 saturated carbocycles. The molecule has 1 aromatic rings. The predicted octanol–water partition coefficient (Wildman–Crippen LogP) is 1.99. The van der Waals surface area contributed by atoms with Gasteiger partial charge >= 0.3 is 0 Å². The molecular weight excluding hydrogens is 262 g/mol. The Morgan fingerprint density at radius 1 is 1.32 bits per heavy atom. The first kappa shape index (κ1) is 14.5. The van der Waals surface area contributed by atoms with Gasteiger partial charge in [-0.3, -0.25) is 0 Å². The van der Waals surface area contributed by atoms with Gasteiger partial charge in [-0.1, -0.05) is 18.2 Å². The van der Waals surface area contributed by atoms with Crippen molar-refractivity contribution in [3.05, 3.63) is 29.8 Å². The van der Waals surface area contributed by atoms with E-state index in [1.165, 1.54) is 0 Å². The van der Waals surface area contributed by atoms with Crippen molar-refractivity contribution in [3.8, 4) is 0 Å². The molecule has 5 heteroatoms. The van der Waals surface area contributed by atoms with Gasteiger partial charge in [-0.2, -0.15) is 4.31 Å². The van der Waals surface area contributed by atoms with Crippen LogP contribution in [0, 0.1) is 5.92 Å². The average Bonchev–Trinajstić information content (AvgIpc) is 3.19. The fourth-order valence-corrected chi connectivity index (χ4v) is 4.08. The molecule has 1 aliphatic carbocycles. The van der Waals surface area contributed by atoms with Crippen molar-refractivity contribution in [1.82, 2.24) is 4.31 Å². The van der Waals surface area contributed by atoms with Gasteiger partial charge in [-0.15, -0.1) is 0 Å². The van der Waals surface area contributed by atoms with Crippen molar-refractivity contribution < 1.29 is 13.5 Å². The molecule has 0 heterocycles. The number of aliphatic hydroxyl groups is 1. The maximum Gasteiger partial charge on any atom is 0.243 e. The van der Waals surface area contributed by atoms with Gasteiger partial charge < -0.3 is 5.11 Å². The van der Waals surface area contributed by atoms with Gasteiger partial charge in [0.05, 0.1) is 11.5 Å². The first-order valence-corrected chi connectivity index (χ1v) is 8.11. The number of benzene rings is 1. The lowest BCUT2D eigenvalue weighted by atomic mass is 10.2. The average molecular weight is 283 g/mol. The van der Waals surface area contributed by atoms with Crippen LogP contribution in [0.4, 0.5) is 0 Å². The second-order valence-electron chi connectivity index (χ2n) is 5.38. The topological polar surface area (TPSA) is 57.6 Å². The SMILES string of the molecule is CC(C)N(CC1CC1)S(=O)(=O)c1ccccc1CO. The maximum atomic E-state index is 12.7. The number of hydrogen-bond acceptors (Lipinski definition) is 3. The molecule has 0 saturated heterocycles. The van der Waals surface area contributed by atoms with Crippen molar-refractivity contribution in [2.75, 3.05) is 6.54 Å². The Hall–Kier alpha value is -0.910. The Kier molecular flexibility index (Phi) is 4.28. The molecule has 1 aromatic carbocycles. The van der Waals surface area contributed by atoms with Crippen molar-refractivity contribution in [2.45, 2.75) is 44.2 Å². The zero-order valence-electron chi connectivity index (χ0n) is 11.4. The predicted molar refractivity (Wildman–Crippen MR) is 74.1 cm³/mol. The van der Waals surface area contributed by atoms with E-state index >= 15 is 0 Å². The van der Waals surface area contributed by atoms with Crippen molar-refractivity contribution in [1.29, 1.82) is 0 Å². The number of sulfonamides is 1. The van der Waals surface area contributed by atoms with Crippen LogP contribution in [-0.2, 0) is 16.6 Å². The van der Waals surface area contributed by atoms with Crippen molar-refractivity contribution in [3.63, 3.8) is 0 Å². The van der Waals surface area contributed by atoms with Gasteiger partial charge in [-0.25, -0.2) is 8.42 Å². The minimum Gasteiger partial charge on any atom is -0.392 e. The first-order valence-electron chi connectivity index (χ1n) is 6.67. The third kappa shape index (κ3) is 3.16. The van der Waals surface area contributed by atoms with Crippen LogP contribution in [0.3, 0.4) is 0 Å². The Morgan fingerprint density at radius 3 is 2.47 bits per heavy atom. The molecule has 0 aromatic heterocycles. The Morgan fingerprint density at radius 2 is 1.95 bits per heavy atom. The second kappa shape index (κ2) is 5.61. The van der Waals surface area contributed by atoms with E-state index in [-0.39, 0.29) is 17.5 Å². The zero-order chi connectivity index (χ0) is 14.0. The summed E-state index contributed by atoms with van der Waals surface area (Å²) in [5, 5.41) is 9.31. The molecule has 0 bridgehead atoms. The van der Waals surface area contributed by atoms with E-state index in [0.717, 1.165) is 12.8 Å². The first-order chi connectivity index (χ1) is 8.96. The highest BCUT2D eigenvalue weighted by Crippen LogP contribution is 2.33. The summed E-state index contributed by atoms with van der Waals surface area (Å²) in [6.45, 7) is 4.10. The highest BCUT2D eigenvalue weighted by atomic mass is 32.2. The van der Waals surface area contributed by atoms with Crippen LogP contribution >= 0.6 is 0 Å². The van der Waals surface area contributed by atoms with Crippen LogP contribution in [0.5, 0.6) is 0 Å². The van der Waals surface area contributed by atoms with Gasteiger partial charge in [-0.05, 0) is 44.2 Å². The van der Waals surface area contributed by atoms with E-state index < -0.39 is 10.0 Å². The van der Waals surface area contributed by atoms with Gasteiger partial charge in [0, 0.05) is 12.6 Å². The van der Waals surface area contributed by atoms with Gasteiger partial charge in [0.2, 0.25) is 10.0 Å². The number of nitrogens with zero attached hydrogens (tertiary/aromatic N) is 1. The van der Waals surface area contributed by atoms with Gasteiger partial charge in [0.15, 0.2) is 0 Å². The van der Waals surface area contributed by atoms with Crippen molar-refractivity contribution in [2.24, 2.45) is 5.92 Å². The Labute approximate surface area is 115 Å². The summed E-state index contributed by atoms with van der Waals surface area (Å²) >= 11 is 0. The number of aliphatic hydroxyl groups excluding tert-OH is 1. The highest BCUT2D eigenvalue weighted by Gasteiger charge is 2.34. The van der Waals surface area contributed by atoms with E-state index in [4.69, 9.17) is 0 Å². The summed E-state index contributed by atoms with van der Waals surface area (Å²) in [6.07, 6.45) is 2.22. The molecule has 1 fully saturated rings. The molecule has 0 amide bonds. The van der Waals surface area contributed by atoms with Crippen LogP contribution in [0.25, 0.3) is 0 Å². The minimum absolute atomic E-state index is 0.0719. The lowest BCUT2D eigenvalue weighted by molar-refractivity contribution is 0.277. The summed E-state index contributed by atoms with van der Waals surface area (Å²) in [5.74, 6) is 0.499. The molecule has 0 atom stereocenters. The quantitative estimate of drug-likeness (QED) is 0.868. The molecule has 0 radical (unpaired) electrons. The summed E-state index contributed by atoms with van der Waals surface area (Å²) in [7, 11) is -3.52. The fourth-order valence-electron chi connectivity index (χ4n) is 2.15. The number of hydrogen-bond donors (Lipinski definition) is 1. The molecule has 2 rings (SSSR count). The molecule has 0 spiro atoms. The van der Waals surface area contributed by atoms with Crippen LogP contribution < -0.4 is 0 Å². The largest absolute Gasteiger partial charge is 0.392 e. The Balaban J connectivity index is 2.37. The summed E-state index contributed by atoms with van der Waals surface area (Å²) < 4.78 is 27.0. The van der Waals surface area contributed by atoms with Crippen LogP contribution in [0.2, 0.25) is 0 Å². The van der Waals surface area contributed by atoms with E-state index in [1.807, 2.05) is 13.8 Å². The molecule has 1 aliphatic rings. The smallest absolute Gasteiger partial charge is 0.243 e. The molecule has 106 valence electrons. The molecule has 4 nitrogen and oxygen atoms in total. The molecule has 1 N–H and O–H groups in total. The lowest BCUT2D eigenvalue weighted by Gasteiger charge is -2.26. The minimum atomic E-state index is -3.52. The van der Waals surface area contributed by atoms with Crippen LogP contribution in [0.15, 0.2) is 29.2 Å². The van der Waals surface area contributed by atoms with Gasteiger partial charge in [0.25, 0.3) is 0 Å².